The third kappa shape index (κ3) is 4.26. The van der Waals surface area contributed by atoms with Gasteiger partial charge in [-0.05, 0) is 6.07 Å². The van der Waals surface area contributed by atoms with Crippen LogP contribution in [0.2, 0.25) is 0 Å². The first kappa shape index (κ1) is 13.2. The summed E-state index contributed by atoms with van der Waals surface area (Å²) in [7, 11) is 0. The minimum Gasteiger partial charge on any atom is -0.508 e. The van der Waals surface area contributed by atoms with Crippen LogP contribution in [0.5, 0.6) is 5.75 Å². The molecule has 4 heteroatoms. The van der Waals surface area contributed by atoms with E-state index in [1.54, 1.807) is 32.0 Å². The lowest BCUT2D eigenvalue weighted by molar-refractivity contribution is -0.126. The number of phenolic OH excluding ortho intramolecular Hbond substituents is 1. The van der Waals surface area contributed by atoms with Crippen LogP contribution >= 0.6 is 0 Å². The highest BCUT2D eigenvalue weighted by Crippen LogP contribution is 2.15. The molecule has 0 atom stereocenters. The van der Waals surface area contributed by atoms with Gasteiger partial charge in [0.25, 0.3) is 0 Å². The summed E-state index contributed by atoms with van der Waals surface area (Å²) in [6.07, 6.45) is 0.0814. The van der Waals surface area contributed by atoms with Gasteiger partial charge < -0.3 is 10.4 Å². The summed E-state index contributed by atoms with van der Waals surface area (Å²) in [5.74, 6) is -0.255. The molecule has 0 heterocycles. The largest absolute Gasteiger partial charge is 0.508 e. The summed E-state index contributed by atoms with van der Waals surface area (Å²) in [4.78, 5) is 22.8. The van der Waals surface area contributed by atoms with Crippen LogP contribution < -0.4 is 5.32 Å². The summed E-state index contributed by atoms with van der Waals surface area (Å²) in [6.45, 7) is 3.62. The molecule has 0 fully saturated rings. The molecule has 0 saturated carbocycles. The Morgan fingerprint density at radius 2 is 1.94 bits per heavy atom. The Morgan fingerprint density at radius 1 is 1.29 bits per heavy atom. The Bertz CT molecular complexity index is 413. The van der Waals surface area contributed by atoms with E-state index < -0.39 is 0 Å². The minimum atomic E-state index is -0.263. The smallest absolute Gasteiger partial charge is 0.224 e. The van der Waals surface area contributed by atoms with Crippen molar-refractivity contribution in [3.8, 4) is 5.75 Å². The molecule has 0 aliphatic carbocycles. The van der Waals surface area contributed by atoms with Crippen molar-refractivity contribution in [3.05, 3.63) is 29.8 Å². The second-order valence-corrected chi connectivity index (χ2v) is 4.20. The predicted octanol–water partition coefficient (Wildman–Crippen LogP) is 1.28. The number of carbonyl (C=O) groups is 2. The van der Waals surface area contributed by atoms with Crippen molar-refractivity contribution in [1.29, 1.82) is 0 Å². The molecule has 0 saturated heterocycles. The molecular formula is C13H17NO3. The maximum absolute atomic E-state index is 11.5. The highest BCUT2D eigenvalue weighted by atomic mass is 16.3. The zero-order chi connectivity index (χ0) is 12.8. The Kier molecular flexibility index (Phi) is 4.69. The van der Waals surface area contributed by atoms with Gasteiger partial charge >= 0.3 is 0 Å². The maximum atomic E-state index is 11.5. The van der Waals surface area contributed by atoms with E-state index in [0.717, 1.165) is 0 Å². The summed E-state index contributed by atoms with van der Waals surface area (Å²) in [6, 6.07) is 6.65. The number of nitrogens with one attached hydrogen (secondary N) is 1. The summed E-state index contributed by atoms with van der Waals surface area (Å²) in [5, 5.41) is 12.0. The third-order valence-electron chi connectivity index (χ3n) is 2.45. The second kappa shape index (κ2) is 6.03. The van der Waals surface area contributed by atoms with Gasteiger partial charge in [0, 0.05) is 11.5 Å². The number of Topliss-reactive ketones (excluding diaryl/α,β-unsaturated/α-hetero) is 1. The summed E-state index contributed by atoms with van der Waals surface area (Å²) in [5.41, 5.74) is 0.557. The van der Waals surface area contributed by atoms with E-state index in [-0.39, 0.29) is 36.3 Å². The van der Waals surface area contributed by atoms with E-state index in [4.69, 9.17) is 0 Å². The molecule has 92 valence electrons. The molecule has 1 aromatic carbocycles. The van der Waals surface area contributed by atoms with E-state index in [2.05, 4.69) is 5.32 Å². The van der Waals surface area contributed by atoms with Crippen molar-refractivity contribution >= 4 is 11.7 Å². The average Bonchev–Trinajstić information content (AvgIpc) is 2.29. The Morgan fingerprint density at radius 3 is 2.53 bits per heavy atom. The highest BCUT2D eigenvalue weighted by molar-refractivity contribution is 5.88. The Balaban J connectivity index is 2.46. The average molecular weight is 235 g/mol. The third-order valence-corrected chi connectivity index (χ3v) is 2.45. The fourth-order valence-electron chi connectivity index (χ4n) is 1.29. The topological polar surface area (TPSA) is 66.4 Å². The molecule has 2 N–H and O–H groups in total. The number of hydrogen-bond donors (Lipinski definition) is 2. The van der Waals surface area contributed by atoms with Crippen LogP contribution in [0.15, 0.2) is 24.3 Å². The van der Waals surface area contributed by atoms with Gasteiger partial charge in [0.1, 0.15) is 5.75 Å². The van der Waals surface area contributed by atoms with Gasteiger partial charge in [-0.25, -0.2) is 0 Å². The van der Waals surface area contributed by atoms with E-state index in [9.17, 15) is 14.7 Å². The number of hydrogen-bond acceptors (Lipinski definition) is 3. The molecule has 0 aliphatic rings. The highest BCUT2D eigenvalue weighted by Gasteiger charge is 2.10. The van der Waals surface area contributed by atoms with Crippen molar-refractivity contribution in [2.24, 2.45) is 5.92 Å². The number of amides is 1. The first-order valence-corrected chi connectivity index (χ1v) is 5.57. The lowest BCUT2D eigenvalue weighted by Gasteiger charge is -2.07. The van der Waals surface area contributed by atoms with Crippen molar-refractivity contribution in [2.45, 2.75) is 20.3 Å². The molecule has 0 aromatic heterocycles. The van der Waals surface area contributed by atoms with E-state index in [1.165, 1.54) is 6.07 Å². The number of carbonyl (C=O) groups excluding carboxylic acids is 2. The van der Waals surface area contributed by atoms with Crippen molar-refractivity contribution in [1.82, 2.24) is 5.32 Å². The number of aromatic hydroxyl groups is 1. The fourth-order valence-corrected chi connectivity index (χ4v) is 1.29. The molecule has 0 radical (unpaired) electrons. The SMILES string of the molecule is CC(C)C(=O)CNC(=O)Cc1ccccc1O. The molecule has 17 heavy (non-hydrogen) atoms. The predicted molar refractivity (Wildman–Crippen MR) is 64.7 cm³/mol. The summed E-state index contributed by atoms with van der Waals surface area (Å²) < 4.78 is 0. The van der Waals surface area contributed by atoms with Crippen LogP contribution in [0.3, 0.4) is 0 Å². The second-order valence-electron chi connectivity index (χ2n) is 4.20. The zero-order valence-corrected chi connectivity index (χ0v) is 10.1. The van der Waals surface area contributed by atoms with Gasteiger partial charge in [-0.2, -0.15) is 0 Å². The van der Waals surface area contributed by atoms with E-state index in [1.807, 2.05) is 0 Å². The summed E-state index contributed by atoms with van der Waals surface area (Å²) >= 11 is 0. The fraction of sp³-hybridized carbons (Fsp3) is 0.385. The van der Waals surface area contributed by atoms with Crippen LogP contribution in [0.25, 0.3) is 0 Å². The van der Waals surface area contributed by atoms with Crippen LogP contribution in [0, 0.1) is 5.92 Å². The van der Waals surface area contributed by atoms with E-state index >= 15 is 0 Å². The number of phenols is 1. The first-order chi connectivity index (χ1) is 8.00. The van der Waals surface area contributed by atoms with Gasteiger partial charge in [-0.1, -0.05) is 32.0 Å². The van der Waals surface area contributed by atoms with Gasteiger partial charge in [0.2, 0.25) is 5.91 Å². The quantitative estimate of drug-likeness (QED) is 0.807. The molecule has 1 rings (SSSR count). The van der Waals surface area contributed by atoms with Gasteiger partial charge in [0.15, 0.2) is 5.78 Å². The lowest BCUT2D eigenvalue weighted by Crippen LogP contribution is -2.32. The van der Waals surface area contributed by atoms with Crippen molar-refractivity contribution in [2.75, 3.05) is 6.54 Å². The number of rotatable bonds is 5. The Hall–Kier alpha value is -1.84. The molecule has 4 nitrogen and oxygen atoms in total. The molecule has 0 unspecified atom stereocenters. The van der Waals surface area contributed by atoms with Crippen LogP contribution in [0.1, 0.15) is 19.4 Å². The van der Waals surface area contributed by atoms with Crippen molar-refractivity contribution in [3.63, 3.8) is 0 Å². The maximum Gasteiger partial charge on any atom is 0.224 e. The molecule has 0 spiro atoms. The van der Waals surface area contributed by atoms with Crippen LogP contribution in [-0.2, 0) is 16.0 Å². The standard InChI is InChI=1S/C13H17NO3/c1-9(2)12(16)8-14-13(17)7-10-5-3-4-6-11(10)15/h3-6,9,15H,7-8H2,1-2H3,(H,14,17). The molecular weight excluding hydrogens is 218 g/mol. The van der Waals surface area contributed by atoms with Crippen LogP contribution in [0.4, 0.5) is 0 Å². The zero-order valence-electron chi connectivity index (χ0n) is 10.1. The first-order valence-electron chi connectivity index (χ1n) is 5.57. The molecule has 1 amide bonds. The van der Waals surface area contributed by atoms with Crippen molar-refractivity contribution < 1.29 is 14.7 Å². The van der Waals surface area contributed by atoms with E-state index in [0.29, 0.717) is 5.56 Å². The molecule has 0 bridgehead atoms. The lowest BCUT2D eigenvalue weighted by atomic mass is 10.1. The van der Waals surface area contributed by atoms with Crippen LogP contribution in [-0.4, -0.2) is 23.3 Å². The number of ketones is 1. The monoisotopic (exact) mass is 235 g/mol. The number of para-hydroxylation sites is 1. The van der Waals surface area contributed by atoms with Gasteiger partial charge in [-0.3, -0.25) is 9.59 Å². The molecule has 1 aromatic rings. The molecule has 0 aliphatic heterocycles. The van der Waals surface area contributed by atoms with Gasteiger partial charge in [-0.15, -0.1) is 0 Å². The van der Waals surface area contributed by atoms with Gasteiger partial charge in [0.05, 0.1) is 13.0 Å². The Labute approximate surface area is 101 Å². The normalized spacial score (nSPS) is 10.3. The minimum absolute atomic E-state index is 0.00404. The number of benzene rings is 1.